The van der Waals surface area contributed by atoms with E-state index in [1.807, 2.05) is 36.4 Å². The molecule has 0 aliphatic carbocycles. The third-order valence-electron chi connectivity index (χ3n) is 5.02. The van der Waals surface area contributed by atoms with Crippen LogP contribution in [0.15, 0.2) is 72.8 Å². The van der Waals surface area contributed by atoms with Gasteiger partial charge in [0.1, 0.15) is 11.0 Å². The van der Waals surface area contributed by atoms with Crippen molar-refractivity contribution in [3.63, 3.8) is 0 Å². The van der Waals surface area contributed by atoms with Gasteiger partial charge >= 0.3 is 0 Å². The van der Waals surface area contributed by atoms with E-state index in [9.17, 15) is 9.32 Å². The van der Waals surface area contributed by atoms with Crippen LogP contribution in [0.3, 0.4) is 0 Å². The Morgan fingerprint density at radius 1 is 1.03 bits per heavy atom. The zero-order chi connectivity index (χ0) is 20.4. The molecule has 0 aliphatic heterocycles. The van der Waals surface area contributed by atoms with E-state index in [0.717, 1.165) is 21.8 Å². The number of benzene rings is 3. The van der Waals surface area contributed by atoms with Crippen molar-refractivity contribution < 1.29 is 9.32 Å². The molecule has 0 spiro atoms. The highest BCUT2D eigenvalue weighted by Gasteiger charge is 2.19. The lowest BCUT2D eigenvalue weighted by Gasteiger charge is -2.25. The number of aromatic nitrogens is 1. The molecule has 0 amide bonds. The molecule has 3 aromatic carbocycles. The van der Waals surface area contributed by atoms with Crippen LogP contribution in [0.1, 0.15) is 5.56 Å². The molecule has 0 fully saturated rings. The van der Waals surface area contributed by atoms with Crippen LogP contribution in [0.25, 0.3) is 21.8 Å². The van der Waals surface area contributed by atoms with Crippen molar-refractivity contribution in [3.8, 4) is 6.07 Å². The van der Waals surface area contributed by atoms with Gasteiger partial charge in [-0.3, -0.25) is 4.31 Å². The molecule has 2 unspecified atom stereocenters. The molecule has 0 bridgehead atoms. The highest BCUT2D eigenvalue weighted by atomic mass is 32.2. The minimum atomic E-state index is -1.33. The van der Waals surface area contributed by atoms with E-state index in [0.29, 0.717) is 17.8 Å². The van der Waals surface area contributed by atoms with E-state index in [2.05, 4.69) is 22.8 Å². The predicted molar refractivity (Wildman–Crippen MR) is 118 cm³/mol. The van der Waals surface area contributed by atoms with E-state index in [-0.39, 0.29) is 6.54 Å². The third kappa shape index (κ3) is 3.75. The SMILES string of the molecule is CS(=O)N(CC(O)Cn1c2ccccc2c2ccccc21)c1cccc(C#N)c1. The summed E-state index contributed by atoms with van der Waals surface area (Å²) in [6, 6.07) is 25.3. The van der Waals surface area contributed by atoms with Gasteiger partial charge in [0, 0.05) is 28.1 Å². The molecule has 2 atom stereocenters. The molecule has 146 valence electrons. The van der Waals surface area contributed by atoms with Gasteiger partial charge in [-0.25, -0.2) is 4.21 Å². The second-order valence-electron chi connectivity index (χ2n) is 6.95. The van der Waals surface area contributed by atoms with Crippen molar-refractivity contribution in [3.05, 3.63) is 78.4 Å². The standard InChI is InChI=1S/C23H21N3O2S/c1-29(28)26(18-8-6-7-17(13-18)14-24)16-19(27)15-25-22-11-4-2-9-20(22)21-10-3-5-12-23(21)25/h2-13,19,27H,15-16H2,1H3. The monoisotopic (exact) mass is 403 g/mol. The van der Waals surface area contributed by atoms with Crippen LogP contribution >= 0.6 is 0 Å². The summed E-state index contributed by atoms with van der Waals surface area (Å²) in [5.74, 6) is 0. The fraction of sp³-hybridized carbons (Fsp3) is 0.174. The van der Waals surface area contributed by atoms with Gasteiger partial charge in [0.05, 0.1) is 36.5 Å². The molecule has 5 nitrogen and oxygen atoms in total. The Morgan fingerprint density at radius 2 is 1.66 bits per heavy atom. The maximum atomic E-state index is 12.3. The molecule has 1 aromatic heterocycles. The molecular weight excluding hydrogens is 382 g/mol. The number of rotatable bonds is 6. The average molecular weight is 404 g/mol. The number of fused-ring (bicyclic) bond motifs is 3. The first-order valence-corrected chi connectivity index (χ1v) is 10.9. The largest absolute Gasteiger partial charge is 0.389 e. The maximum absolute atomic E-state index is 12.3. The van der Waals surface area contributed by atoms with Crippen molar-refractivity contribution in [1.29, 1.82) is 5.26 Å². The van der Waals surface area contributed by atoms with E-state index < -0.39 is 17.1 Å². The topological polar surface area (TPSA) is 69.3 Å². The van der Waals surface area contributed by atoms with Crippen LogP contribution in [0.5, 0.6) is 0 Å². The Kier molecular flexibility index (Phi) is 5.34. The van der Waals surface area contributed by atoms with Gasteiger partial charge in [0.2, 0.25) is 0 Å². The molecule has 0 aliphatic rings. The van der Waals surface area contributed by atoms with Crippen molar-refractivity contribution in [2.45, 2.75) is 12.6 Å². The Balaban J connectivity index is 1.66. The zero-order valence-corrected chi connectivity index (χ0v) is 16.8. The van der Waals surface area contributed by atoms with Crippen LogP contribution in [0.2, 0.25) is 0 Å². The summed E-state index contributed by atoms with van der Waals surface area (Å²) < 4.78 is 16.1. The lowest BCUT2D eigenvalue weighted by atomic mass is 10.2. The summed E-state index contributed by atoms with van der Waals surface area (Å²) in [6.07, 6.45) is 0.829. The highest BCUT2D eigenvalue weighted by Crippen LogP contribution is 2.29. The molecule has 1 heterocycles. The molecule has 0 saturated carbocycles. The second kappa shape index (κ2) is 8.08. The molecule has 4 rings (SSSR count). The lowest BCUT2D eigenvalue weighted by Crippen LogP contribution is -2.35. The summed E-state index contributed by atoms with van der Waals surface area (Å²) in [5.41, 5.74) is 3.27. The Labute approximate surface area is 172 Å². The Hall–Kier alpha value is -3.14. The van der Waals surface area contributed by atoms with E-state index in [1.165, 1.54) is 0 Å². The quantitative estimate of drug-likeness (QED) is 0.532. The molecule has 4 aromatic rings. The molecule has 1 N–H and O–H groups in total. The molecule has 6 heteroatoms. The summed E-state index contributed by atoms with van der Waals surface area (Å²) >= 11 is 0. The number of anilines is 1. The van der Waals surface area contributed by atoms with Gasteiger partial charge in [-0.2, -0.15) is 5.26 Å². The van der Waals surface area contributed by atoms with Gasteiger partial charge in [-0.15, -0.1) is 0 Å². The van der Waals surface area contributed by atoms with Crippen molar-refractivity contribution in [2.75, 3.05) is 17.1 Å². The van der Waals surface area contributed by atoms with E-state index in [1.54, 1.807) is 34.8 Å². The Bertz CT molecular complexity index is 1190. The first-order chi connectivity index (χ1) is 14.1. The first-order valence-electron chi connectivity index (χ1n) is 9.34. The van der Waals surface area contributed by atoms with Gasteiger partial charge in [-0.05, 0) is 30.3 Å². The van der Waals surface area contributed by atoms with Crippen LogP contribution < -0.4 is 4.31 Å². The fourth-order valence-corrected chi connectivity index (χ4v) is 4.54. The predicted octanol–water partition coefficient (Wildman–Crippen LogP) is 3.83. The van der Waals surface area contributed by atoms with Gasteiger partial charge in [-0.1, -0.05) is 42.5 Å². The van der Waals surface area contributed by atoms with Gasteiger partial charge in [0.25, 0.3) is 0 Å². The number of nitrogens with zero attached hydrogens (tertiary/aromatic N) is 3. The summed E-state index contributed by atoms with van der Waals surface area (Å²) in [6.45, 7) is 0.568. The first kappa shape index (κ1) is 19.2. The van der Waals surface area contributed by atoms with Crippen molar-refractivity contribution >= 4 is 38.5 Å². The van der Waals surface area contributed by atoms with Gasteiger partial charge in [0.15, 0.2) is 0 Å². The van der Waals surface area contributed by atoms with Crippen molar-refractivity contribution in [1.82, 2.24) is 4.57 Å². The van der Waals surface area contributed by atoms with Gasteiger partial charge < -0.3 is 9.67 Å². The lowest BCUT2D eigenvalue weighted by molar-refractivity contribution is 0.166. The number of nitriles is 1. The van der Waals surface area contributed by atoms with Crippen molar-refractivity contribution in [2.24, 2.45) is 0 Å². The normalized spacial score (nSPS) is 13.3. The average Bonchev–Trinajstić information content (AvgIpc) is 3.06. The Morgan fingerprint density at radius 3 is 2.24 bits per heavy atom. The van der Waals surface area contributed by atoms with E-state index >= 15 is 0 Å². The number of aliphatic hydroxyl groups excluding tert-OH is 1. The number of hydrogen-bond donors (Lipinski definition) is 1. The smallest absolute Gasteiger partial charge is 0.116 e. The number of aliphatic hydroxyl groups is 1. The minimum Gasteiger partial charge on any atom is -0.389 e. The summed E-state index contributed by atoms with van der Waals surface area (Å²) in [7, 11) is -1.33. The van der Waals surface area contributed by atoms with Crippen LogP contribution in [0.4, 0.5) is 5.69 Å². The highest BCUT2D eigenvalue weighted by molar-refractivity contribution is 7.85. The summed E-state index contributed by atoms with van der Waals surface area (Å²) in [4.78, 5) is 0. The second-order valence-corrected chi connectivity index (χ2v) is 8.23. The number of para-hydroxylation sites is 2. The maximum Gasteiger partial charge on any atom is 0.116 e. The van der Waals surface area contributed by atoms with Crippen LogP contribution in [-0.4, -0.2) is 32.8 Å². The molecular formula is C23H21N3O2S. The van der Waals surface area contributed by atoms with E-state index in [4.69, 9.17) is 5.26 Å². The zero-order valence-electron chi connectivity index (χ0n) is 16.0. The summed E-state index contributed by atoms with van der Waals surface area (Å²) in [5, 5.41) is 22.3. The van der Waals surface area contributed by atoms with Crippen LogP contribution in [-0.2, 0) is 17.5 Å². The van der Waals surface area contributed by atoms with Crippen LogP contribution in [0, 0.1) is 11.3 Å². The molecule has 0 radical (unpaired) electrons. The fourth-order valence-electron chi connectivity index (χ4n) is 3.75. The number of hydrogen-bond acceptors (Lipinski definition) is 3. The molecule has 29 heavy (non-hydrogen) atoms. The minimum absolute atomic E-state index is 0.193. The third-order valence-corrected chi connectivity index (χ3v) is 6.00. The molecule has 0 saturated heterocycles.